The van der Waals surface area contributed by atoms with Crippen LogP contribution in [0, 0.1) is 13.8 Å². The van der Waals surface area contributed by atoms with Crippen LogP contribution in [0.3, 0.4) is 0 Å². The molecule has 0 saturated heterocycles. The molecule has 120 valence electrons. The van der Waals surface area contributed by atoms with Gasteiger partial charge in [0.15, 0.2) is 5.65 Å². The van der Waals surface area contributed by atoms with Crippen LogP contribution in [0.1, 0.15) is 46.6 Å². The van der Waals surface area contributed by atoms with Crippen LogP contribution in [0.2, 0.25) is 0 Å². The van der Waals surface area contributed by atoms with Crippen molar-refractivity contribution in [1.82, 2.24) is 25.1 Å². The smallest absolute Gasteiger partial charge is 0.253 e. The molecule has 3 aromatic heterocycles. The van der Waals surface area contributed by atoms with Crippen molar-refractivity contribution >= 4 is 28.3 Å². The molecule has 0 bridgehead atoms. The number of aromatic nitrogens is 4. The van der Waals surface area contributed by atoms with Gasteiger partial charge in [0.1, 0.15) is 5.01 Å². The van der Waals surface area contributed by atoms with Crippen molar-refractivity contribution in [3.8, 4) is 0 Å². The average molecular weight is 329 g/mol. The van der Waals surface area contributed by atoms with Crippen LogP contribution in [0.25, 0.3) is 11.0 Å². The zero-order valence-corrected chi connectivity index (χ0v) is 14.4. The molecule has 1 amide bonds. The van der Waals surface area contributed by atoms with Crippen molar-refractivity contribution in [2.45, 2.75) is 40.3 Å². The topological polar surface area (TPSA) is 72.7 Å². The van der Waals surface area contributed by atoms with Crippen LogP contribution in [0.4, 0.5) is 0 Å². The maximum absolute atomic E-state index is 12.4. The Labute approximate surface area is 138 Å². The van der Waals surface area contributed by atoms with E-state index in [2.05, 4.69) is 34.2 Å². The van der Waals surface area contributed by atoms with Gasteiger partial charge in [0.05, 0.1) is 24.0 Å². The summed E-state index contributed by atoms with van der Waals surface area (Å²) in [5.74, 6) is -0.137. The van der Waals surface area contributed by atoms with Gasteiger partial charge in [-0.3, -0.25) is 4.79 Å². The minimum Gasteiger partial charge on any atom is -0.345 e. The first-order valence-electron chi connectivity index (χ1n) is 7.49. The number of carbonyl (C=O) groups excluding carboxylic acids is 1. The van der Waals surface area contributed by atoms with Crippen LogP contribution in [-0.4, -0.2) is 25.7 Å². The van der Waals surface area contributed by atoms with E-state index >= 15 is 0 Å². The number of hydrogen-bond donors (Lipinski definition) is 1. The highest BCUT2D eigenvalue weighted by molar-refractivity contribution is 7.09. The van der Waals surface area contributed by atoms with E-state index < -0.39 is 0 Å². The summed E-state index contributed by atoms with van der Waals surface area (Å²) >= 11 is 1.55. The second kappa shape index (κ2) is 6.08. The molecule has 0 fully saturated rings. The Morgan fingerprint density at radius 1 is 1.35 bits per heavy atom. The molecule has 3 aromatic rings. The van der Waals surface area contributed by atoms with Gasteiger partial charge < -0.3 is 5.32 Å². The summed E-state index contributed by atoms with van der Waals surface area (Å²) in [6.07, 6.45) is 1.75. The molecular weight excluding hydrogens is 310 g/mol. The zero-order chi connectivity index (χ0) is 16.6. The standard InChI is InChI=1S/C16H19N5OS/c1-9(2)21-15-12(6-18-21)5-13(11(4)20-15)16(22)17-7-14-19-10(3)8-23-14/h5-6,8-9H,7H2,1-4H3,(H,17,22). The number of amides is 1. The third-order valence-corrected chi connectivity index (χ3v) is 4.53. The molecular formula is C16H19N5OS. The third kappa shape index (κ3) is 3.10. The molecule has 0 unspecified atom stereocenters. The van der Waals surface area contributed by atoms with Crippen molar-refractivity contribution in [2.24, 2.45) is 0 Å². The molecule has 0 radical (unpaired) electrons. The summed E-state index contributed by atoms with van der Waals surface area (Å²) < 4.78 is 1.86. The maximum Gasteiger partial charge on any atom is 0.253 e. The molecule has 6 nitrogen and oxygen atoms in total. The Morgan fingerprint density at radius 3 is 2.78 bits per heavy atom. The Kier molecular flexibility index (Phi) is 4.12. The van der Waals surface area contributed by atoms with Gasteiger partial charge in [-0.25, -0.2) is 14.6 Å². The summed E-state index contributed by atoms with van der Waals surface area (Å²) in [5, 5.41) is 11.0. The Morgan fingerprint density at radius 2 is 2.13 bits per heavy atom. The van der Waals surface area contributed by atoms with E-state index in [0.717, 1.165) is 21.7 Å². The zero-order valence-electron chi connectivity index (χ0n) is 13.6. The number of pyridine rings is 1. The van der Waals surface area contributed by atoms with Gasteiger partial charge in [0, 0.05) is 22.5 Å². The van der Waals surface area contributed by atoms with Gasteiger partial charge in [-0.2, -0.15) is 5.10 Å². The first-order valence-corrected chi connectivity index (χ1v) is 8.37. The van der Waals surface area contributed by atoms with Gasteiger partial charge in [-0.15, -0.1) is 11.3 Å². The fourth-order valence-electron chi connectivity index (χ4n) is 2.41. The lowest BCUT2D eigenvalue weighted by molar-refractivity contribution is 0.0950. The number of thiazole rings is 1. The largest absolute Gasteiger partial charge is 0.345 e. The highest BCUT2D eigenvalue weighted by Crippen LogP contribution is 2.19. The van der Waals surface area contributed by atoms with Crippen molar-refractivity contribution in [3.63, 3.8) is 0 Å². The molecule has 0 aliphatic rings. The lowest BCUT2D eigenvalue weighted by atomic mass is 10.1. The van der Waals surface area contributed by atoms with E-state index in [0.29, 0.717) is 17.8 Å². The second-order valence-electron chi connectivity index (χ2n) is 5.78. The summed E-state index contributed by atoms with van der Waals surface area (Å²) in [6.45, 7) is 8.33. The molecule has 1 N–H and O–H groups in total. The number of nitrogens with zero attached hydrogens (tertiary/aromatic N) is 4. The highest BCUT2D eigenvalue weighted by Gasteiger charge is 2.15. The Hall–Kier alpha value is -2.28. The molecule has 0 spiro atoms. The van der Waals surface area contributed by atoms with Gasteiger partial charge >= 0.3 is 0 Å². The van der Waals surface area contributed by atoms with E-state index in [1.165, 1.54) is 0 Å². The monoisotopic (exact) mass is 329 g/mol. The van der Waals surface area contributed by atoms with E-state index in [1.54, 1.807) is 17.5 Å². The maximum atomic E-state index is 12.4. The minimum absolute atomic E-state index is 0.137. The van der Waals surface area contributed by atoms with Crippen molar-refractivity contribution in [2.75, 3.05) is 0 Å². The van der Waals surface area contributed by atoms with Gasteiger partial charge in [-0.05, 0) is 33.8 Å². The Balaban J connectivity index is 1.84. The van der Waals surface area contributed by atoms with Gasteiger partial charge in [-0.1, -0.05) is 0 Å². The van der Waals surface area contributed by atoms with Crippen LogP contribution < -0.4 is 5.32 Å². The SMILES string of the molecule is Cc1csc(CNC(=O)c2cc3cnn(C(C)C)c3nc2C)n1. The lowest BCUT2D eigenvalue weighted by Gasteiger charge is -2.09. The molecule has 7 heteroatoms. The first-order chi connectivity index (χ1) is 11.0. The van der Waals surface area contributed by atoms with Gasteiger partial charge in [0.25, 0.3) is 5.91 Å². The summed E-state index contributed by atoms with van der Waals surface area (Å²) in [7, 11) is 0. The molecule has 0 atom stereocenters. The second-order valence-corrected chi connectivity index (χ2v) is 6.73. The number of nitrogens with one attached hydrogen (secondary N) is 1. The fourth-order valence-corrected chi connectivity index (χ4v) is 3.12. The summed E-state index contributed by atoms with van der Waals surface area (Å²) in [5.41, 5.74) is 3.06. The average Bonchev–Trinajstić information content (AvgIpc) is 3.09. The summed E-state index contributed by atoms with van der Waals surface area (Å²) in [4.78, 5) is 21.3. The molecule has 3 heterocycles. The predicted molar refractivity (Wildman–Crippen MR) is 90.7 cm³/mol. The predicted octanol–water partition coefficient (Wildman–Crippen LogP) is 3.02. The molecule has 23 heavy (non-hydrogen) atoms. The van der Waals surface area contributed by atoms with E-state index in [9.17, 15) is 4.79 Å². The molecule has 0 aromatic carbocycles. The fraction of sp³-hybridized carbons (Fsp3) is 0.375. The quantitative estimate of drug-likeness (QED) is 0.798. The van der Waals surface area contributed by atoms with Crippen LogP contribution in [0.5, 0.6) is 0 Å². The molecule has 3 rings (SSSR count). The highest BCUT2D eigenvalue weighted by atomic mass is 32.1. The van der Waals surface area contributed by atoms with E-state index in [1.807, 2.05) is 30.0 Å². The number of fused-ring (bicyclic) bond motifs is 1. The van der Waals surface area contributed by atoms with Crippen LogP contribution >= 0.6 is 11.3 Å². The van der Waals surface area contributed by atoms with Gasteiger partial charge in [0.2, 0.25) is 0 Å². The molecule has 0 saturated carbocycles. The number of hydrogen-bond acceptors (Lipinski definition) is 5. The third-order valence-electron chi connectivity index (χ3n) is 3.56. The van der Waals surface area contributed by atoms with E-state index in [4.69, 9.17) is 0 Å². The lowest BCUT2D eigenvalue weighted by Crippen LogP contribution is -2.24. The van der Waals surface area contributed by atoms with Crippen molar-refractivity contribution in [1.29, 1.82) is 0 Å². The first kappa shape index (κ1) is 15.6. The van der Waals surface area contributed by atoms with Crippen molar-refractivity contribution in [3.05, 3.63) is 39.6 Å². The summed E-state index contributed by atoms with van der Waals surface area (Å²) in [6, 6.07) is 2.08. The normalized spacial score (nSPS) is 11.3. The van der Waals surface area contributed by atoms with Crippen LogP contribution in [0.15, 0.2) is 17.6 Å². The number of carbonyl (C=O) groups is 1. The number of rotatable bonds is 4. The number of aryl methyl sites for hydroxylation is 2. The van der Waals surface area contributed by atoms with Crippen molar-refractivity contribution < 1.29 is 4.79 Å². The van der Waals surface area contributed by atoms with Crippen LogP contribution in [-0.2, 0) is 6.54 Å². The van der Waals surface area contributed by atoms with E-state index in [-0.39, 0.29) is 11.9 Å². The minimum atomic E-state index is -0.137. The Bertz CT molecular complexity index is 865. The molecule has 0 aliphatic heterocycles. The molecule has 0 aliphatic carbocycles.